The molecule has 2 aromatic carbocycles. The first-order chi connectivity index (χ1) is 15.7. The molecule has 0 spiro atoms. The van der Waals surface area contributed by atoms with Crippen molar-refractivity contribution in [1.29, 1.82) is 0 Å². The summed E-state index contributed by atoms with van der Waals surface area (Å²) in [6, 6.07) is 16.6. The summed E-state index contributed by atoms with van der Waals surface area (Å²) in [6.45, 7) is 4.90. The van der Waals surface area contributed by atoms with Crippen LogP contribution in [0.5, 0.6) is 11.5 Å². The topological polar surface area (TPSA) is 72.7 Å². The van der Waals surface area contributed by atoms with E-state index in [9.17, 15) is 0 Å². The van der Waals surface area contributed by atoms with Crippen LogP contribution in [0.25, 0.3) is 0 Å². The molecule has 0 fully saturated rings. The lowest BCUT2D eigenvalue weighted by Crippen LogP contribution is -2.37. The molecule has 0 aliphatic rings. The van der Waals surface area contributed by atoms with Crippen LogP contribution in [0.15, 0.2) is 65.9 Å². The summed E-state index contributed by atoms with van der Waals surface area (Å²) in [5, 5.41) is 11.1. The molecular formula is C25H34IN5O2. The number of ether oxygens (including phenoxy) is 2. The van der Waals surface area contributed by atoms with Crippen LogP contribution < -0.4 is 20.1 Å². The number of hydrogen-bond acceptors (Lipinski definition) is 4. The van der Waals surface area contributed by atoms with Gasteiger partial charge in [-0.2, -0.15) is 5.10 Å². The van der Waals surface area contributed by atoms with E-state index in [-0.39, 0.29) is 24.0 Å². The van der Waals surface area contributed by atoms with E-state index in [0.717, 1.165) is 43.4 Å². The van der Waals surface area contributed by atoms with Gasteiger partial charge < -0.3 is 20.1 Å². The minimum absolute atomic E-state index is 0. The lowest BCUT2D eigenvalue weighted by molar-refractivity contribution is 0.310. The molecule has 0 amide bonds. The number of rotatable bonds is 11. The van der Waals surface area contributed by atoms with Gasteiger partial charge in [-0.25, -0.2) is 0 Å². The van der Waals surface area contributed by atoms with E-state index < -0.39 is 0 Å². The molecule has 0 bridgehead atoms. The predicted octanol–water partition coefficient (Wildman–Crippen LogP) is 4.25. The molecule has 1 heterocycles. The molecule has 0 aliphatic heterocycles. The van der Waals surface area contributed by atoms with Crippen LogP contribution in [-0.4, -0.2) is 43.0 Å². The Hall–Kier alpha value is -2.75. The SMILES string of the molecule is CCOc1cc(CCCNC(=NC)NCc2cccc(Cn3cccn3)c2)ccc1OC.I. The van der Waals surface area contributed by atoms with Crippen LogP contribution >= 0.6 is 24.0 Å². The third-order valence-electron chi connectivity index (χ3n) is 5.04. The summed E-state index contributed by atoms with van der Waals surface area (Å²) in [4.78, 5) is 4.34. The summed E-state index contributed by atoms with van der Waals surface area (Å²) < 4.78 is 12.9. The van der Waals surface area contributed by atoms with Crippen LogP contribution in [0, 0.1) is 0 Å². The Morgan fingerprint density at radius 1 is 1.03 bits per heavy atom. The molecule has 33 heavy (non-hydrogen) atoms. The van der Waals surface area contributed by atoms with Gasteiger partial charge in [0, 0.05) is 32.5 Å². The van der Waals surface area contributed by atoms with Crippen molar-refractivity contribution >= 4 is 29.9 Å². The first-order valence-electron chi connectivity index (χ1n) is 11.0. The van der Waals surface area contributed by atoms with Gasteiger partial charge in [-0.3, -0.25) is 9.67 Å². The smallest absolute Gasteiger partial charge is 0.191 e. The Kier molecular flexibility index (Phi) is 11.6. The Labute approximate surface area is 213 Å². The molecular weight excluding hydrogens is 529 g/mol. The highest BCUT2D eigenvalue weighted by Gasteiger charge is 2.06. The Balaban J connectivity index is 0.00000385. The average molecular weight is 563 g/mol. The molecule has 3 rings (SSSR count). The molecule has 0 radical (unpaired) electrons. The molecule has 0 atom stereocenters. The minimum Gasteiger partial charge on any atom is -0.493 e. The van der Waals surface area contributed by atoms with E-state index in [2.05, 4.69) is 57.1 Å². The van der Waals surface area contributed by atoms with E-state index in [1.807, 2.05) is 29.9 Å². The van der Waals surface area contributed by atoms with Gasteiger partial charge in [-0.05, 0) is 54.7 Å². The zero-order chi connectivity index (χ0) is 22.6. The van der Waals surface area contributed by atoms with Gasteiger partial charge in [0.1, 0.15) is 0 Å². The number of guanidine groups is 1. The maximum absolute atomic E-state index is 5.67. The zero-order valence-corrected chi connectivity index (χ0v) is 21.9. The molecule has 1 aromatic heterocycles. The summed E-state index contributed by atoms with van der Waals surface area (Å²) in [5.74, 6) is 2.37. The van der Waals surface area contributed by atoms with Crippen molar-refractivity contribution in [2.45, 2.75) is 32.9 Å². The standard InChI is InChI=1S/C25H33N5O2.HI/c1-4-32-24-17-20(11-12-23(24)31-3)10-6-13-27-25(26-2)28-18-21-8-5-9-22(16-21)19-30-15-7-14-29-30;/h5,7-9,11-12,14-17H,4,6,10,13,18-19H2,1-3H3,(H2,26,27,28);1H. The van der Waals surface area contributed by atoms with Crippen molar-refractivity contribution in [2.75, 3.05) is 27.3 Å². The maximum atomic E-state index is 5.67. The van der Waals surface area contributed by atoms with Crippen molar-refractivity contribution in [3.8, 4) is 11.5 Å². The number of nitrogens with zero attached hydrogens (tertiary/aromatic N) is 3. The van der Waals surface area contributed by atoms with Crippen LogP contribution in [-0.2, 0) is 19.5 Å². The highest BCUT2D eigenvalue weighted by molar-refractivity contribution is 14.0. The third kappa shape index (κ3) is 8.60. The normalized spacial score (nSPS) is 10.9. The lowest BCUT2D eigenvalue weighted by atomic mass is 10.1. The van der Waals surface area contributed by atoms with Crippen LogP contribution in [0.2, 0.25) is 0 Å². The van der Waals surface area contributed by atoms with E-state index in [0.29, 0.717) is 13.2 Å². The van der Waals surface area contributed by atoms with Gasteiger partial charge in [-0.1, -0.05) is 30.3 Å². The van der Waals surface area contributed by atoms with Gasteiger partial charge in [-0.15, -0.1) is 24.0 Å². The quantitative estimate of drug-likeness (QED) is 0.158. The number of aromatic nitrogens is 2. The highest BCUT2D eigenvalue weighted by Crippen LogP contribution is 2.28. The van der Waals surface area contributed by atoms with Crippen LogP contribution in [0.4, 0.5) is 0 Å². The third-order valence-corrected chi connectivity index (χ3v) is 5.04. The number of halogens is 1. The number of methoxy groups -OCH3 is 1. The Morgan fingerprint density at radius 3 is 2.61 bits per heavy atom. The Morgan fingerprint density at radius 2 is 1.88 bits per heavy atom. The molecule has 0 saturated carbocycles. The summed E-state index contributed by atoms with van der Waals surface area (Å²) >= 11 is 0. The minimum atomic E-state index is 0. The van der Waals surface area contributed by atoms with E-state index >= 15 is 0 Å². The number of nitrogens with one attached hydrogen (secondary N) is 2. The largest absolute Gasteiger partial charge is 0.493 e. The molecule has 8 heteroatoms. The van der Waals surface area contributed by atoms with E-state index in [1.165, 1.54) is 16.7 Å². The molecule has 0 unspecified atom stereocenters. The van der Waals surface area contributed by atoms with Crippen LogP contribution in [0.1, 0.15) is 30.0 Å². The second-order valence-corrected chi connectivity index (χ2v) is 7.40. The van der Waals surface area contributed by atoms with Crippen molar-refractivity contribution < 1.29 is 9.47 Å². The molecule has 7 nitrogen and oxygen atoms in total. The van der Waals surface area contributed by atoms with E-state index in [4.69, 9.17) is 9.47 Å². The van der Waals surface area contributed by atoms with Crippen molar-refractivity contribution in [2.24, 2.45) is 4.99 Å². The fourth-order valence-electron chi connectivity index (χ4n) is 3.47. The monoisotopic (exact) mass is 563 g/mol. The first kappa shape index (κ1) is 26.5. The van der Waals surface area contributed by atoms with Crippen molar-refractivity contribution in [1.82, 2.24) is 20.4 Å². The number of benzene rings is 2. The molecule has 0 saturated heterocycles. The fraction of sp³-hybridized carbons (Fsp3) is 0.360. The van der Waals surface area contributed by atoms with Crippen molar-refractivity contribution in [3.63, 3.8) is 0 Å². The van der Waals surface area contributed by atoms with Gasteiger partial charge in [0.15, 0.2) is 17.5 Å². The summed E-state index contributed by atoms with van der Waals surface area (Å²) in [5.41, 5.74) is 3.66. The van der Waals surface area contributed by atoms with Crippen molar-refractivity contribution in [3.05, 3.63) is 77.6 Å². The Bertz CT molecular complexity index is 992. The van der Waals surface area contributed by atoms with Gasteiger partial charge in [0.05, 0.1) is 20.3 Å². The summed E-state index contributed by atoms with van der Waals surface area (Å²) in [6.07, 6.45) is 5.70. The fourth-order valence-corrected chi connectivity index (χ4v) is 3.47. The first-order valence-corrected chi connectivity index (χ1v) is 11.0. The van der Waals surface area contributed by atoms with Gasteiger partial charge >= 0.3 is 0 Å². The number of aryl methyl sites for hydroxylation is 1. The molecule has 2 N–H and O–H groups in total. The zero-order valence-electron chi connectivity index (χ0n) is 19.6. The van der Waals surface area contributed by atoms with Gasteiger partial charge in [0.25, 0.3) is 0 Å². The number of hydrogen-bond donors (Lipinski definition) is 2. The highest BCUT2D eigenvalue weighted by atomic mass is 127. The van der Waals surface area contributed by atoms with E-state index in [1.54, 1.807) is 20.4 Å². The molecule has 0 aliphatic carbocycles. The number of aliphatic imine (C=N–C) groups is 1. The maximum Gasteiger partial charge on any atom is 0.191 e. The molecule has 3 aromatic rings. The predicted molar refractivity (Wildman–Crippen MR) is 144 cm³/mol. The van der Waals surface area contributed by atoms with Gasteiger partial charge in [0.2, 0.25) is 0 Å². The molecule has 178 valence electrons. The lowest BCUT2D eigenvalue weighted by Gasteiger charge is -2.13. The van der Waals surface area contributed by atoms with Crippen LogP contribution in [0.3, 0.4) is 0 Å². The summed E-state index contributed by atoms with van der Waals surface area (Å²) in [7, 11) is 3.46. The average Bonchev–Trinajstić information content (AvgIpc) is 3.32. The second-order valence-electron chi connectivity index (χ2n) is 7.40. The second kappa shape index (κ2) is 14.4.